The van der Waals surface area contributed by atoms with E-state index in [1.807, 2.05) is 38.1 Å². The number of aryl methyl sites for hydroxylation is 2. The first-order chi connectivity index (χ1) is 15.5. The number of amides is 1. The smallest absolute Gasteiger partial charge is 0.263 e. The molecular weight excluding hydrogens is 400 g/mol. The number of hydrogen-bond donors (Lipinski definition) is 1. The van der Waals surface area contributed by atoms with Crippen LogP contribution in [0.1, 0.15) is 42.5 Å². The SMILES string of the molecule is Cc1ccc(Oc2nccnc2N2CCCC(C(=O)NC(C)c3ccc(C)cc3)C2)cc1. The lowest BCUT2D eigenvalue weighted by Crippen LogP contribution is -2.44. The summed E-state index contributed by atoms with van der Waals surface area (Å²) in [6.07, 6.45) is 5.07. The number of nitrogens with zero attached hydrogens (tertiary/aromatic N) is 3. The molecule has 1 aromatic heterocycles. The van der Waals surface area contributed by atoms with Gasteiger partial charge in [0, 0.05) is 25.5 Å². The standard InChI is InChI=1S/C26H30N4O2/c1-18-6-10-21(11-7-18)20(3)29-25(31)22-5-4-16-30(17-22)24-26(28-15-14-27-24)32-23-12-8-19(2)9-13-23/h6-15,20,22H,4-5,16-17H2,1-3H3,(H,29,31). The lowest BCUT2D eigenvalue weighted by atomic mass is 9.96. The van der Waals surface area contributed by atoms with Crippen LogP contribution in [-0.2, 0) is 4.79 Å². The summed E-state index contributed by atoms with van der Waals surface area (Å²) < 4.78 is 6.03. The molecule has 6 nitrogen and oxygen atoms in total. The second-order valence-electron chi connectivity index (χ2n) is 8.53. The zero-order chi connectivity index (χ0) is 22.5. The Hall–Kier alpha value is -3.41. The summed E-state index contributed by atoms with van der Waals surface area (Å²) in [5.74, 6) is 1.83. The summed E-state index contributed by atoms with van der Waals surface area (Å²) in [5, 5.41) is 3.18. The highest BCUT2D eigenvalue weighted by molar-refractivity contribution is 5.80. The van der Waals surface area contributed by atoms with Crippen molar-refractivity contribution < 1.29 is 9.53 Å². The molecule has 1 aliphatic heterocycles. The van der Waals surface area contributed by atoms with Crippen molar-refractivity contribution >= 4 is 11.7 Å². The van der Waals surface area contributed by atoms with Crippen LogP contribution in [0.4, 0.5) is 5.82 Å². The summed E-state index contributed by atoms with van der Waals surface area (Å²) in [6, 6.07) is 16.1. The van der Waals surface area contributed by atoms with Crippen LogP contribution in [0.5, 0.6) is 11.6 Å². The van der Waals surface area contributed by atoms with Crippen molar-refractivity contribution in [3.63, 3.8) is 0 Å². The monoisotopic (exact) mass is 430 g/mol. The van der Waals surface area contributed by atoms with Crippen LogP contribution in [-0.4, -0.2) is 29.0 Å². The van der Waals surface area contributed by atoms with Crippen molar-refractivity contribution in [3.05, 3.63) is 77.6 Å². The van der Waals surface area contributed by atoms with Crippen LogP contribution in [0.15, 0.2) is 60.9 Å². The molecule has 1 aliphatic rings. The number of nitrogens with one attached hydrogen (secondary N) is 1. The third kappa shape index (κ3) is 5.25. The van der Waals surface area contributed by atoms with Gasteiger partial charge in [0.25, 0.3) is 5.88 Å². The van der Waals surface area contributed by atoms with Crippen molar-refractivity contribution in [1.82, 2.24) is 15.3 Å². The average Bonchev–Trinajstić information content (AvgIpc) is 2.81. The van der Waals surface area contributed by atoms with Crippen LogP contribution in [0.25, 0.3) is 0 Å². The van der Waals surface area contributed by atoms with E-state index < -0.39 is 0 Å². The van der Waals surface area contributed by atoms with Crippen molar-refractivity contribution in [2.24, 2.45) is 5.92 Å². The van der Waals surface area contributed by atoms with Gasteiger partial charge in [-0.1, -0.05) is 47.5 Å². The normalized spacial score (nSPS) is 17.0. The summed E-state index contributed by atoms with van der Waals surface area (Å²) in [6.45, 7) is 7.54. The van der Waals surface area contributed by atoms with Gasteiger partial charge in [0.05, 0.1) is 12.0 Å². The molecule has 1 N–H and O–H groups in total. The maximum atomic E-state index is 13.0. The Labute approximate surface area is 189 Å². The first-order valence-corrected chi connectivity index (χ1v) is 11.2. The van der Waals surface area contributed by atoms with Gasteiger partial charge >= 0.3 is 0 Å². The lowest BCUT2D eigenvalue weighted by molar-refractivity contribution is -0.125. The van der Waals surface area contributed by atoms with E-state index in [9.17, 15) is 4.79 Å². The van der Waals surface area contributed by atoms with Crippen LogP contribution in [0, 0.1) is 19.8 Å². The molecule has 2 unspecified atom stereocenters. The molecule has 2 aromatic carbocycles. The van der Waals surface area contributed by atoms with Crippen molar-refractivity contribution in [3.8, 4) is 11.6 Å². The predicted octanol–water partition coefficient (Wildman–Crippen LogP) is 4.98. The van der Waals surface area contributed by atoms with Crippen LogP contribution < -0.4 is 15.0 Å². The molecule has 0 spiro atoms. The fraction of sp³-hybridized carbons (Fsp3) is 0.346. The molecule has 0 aliphatic carbocycles. The highest BCUT2D eigenvalue weighted by atomic mass is 16.5. The number of aromatic nitrogens is 2. The fourth-order valence-electron chi connectivity index (χ4n) is 3.98. The molecule has 0 saturated carbocycles. The first-order valence-electron chi connectivity index (χ1n) is 11.2. The quantitative estimate of drug-likeness (QED) is 0.597. The lowest BCUT2D eigenvalue weighted by Gasteiger charge is -2.33. The molecule has 1 fully saturated rings. The number of piperidine rings is 1. The number of carbonyl (C=O) groups excluding carboxylic acids is 1. The topological polar surface area (TPSA) is 67.4 Å². The molecule has 1 saturated heterocycles. The molecule has 0 bridgehead atoms. The highest BCUT2D eigenvalue weighted by Crippen LogP contribution is 2.31. The molecule has 2 atom stereocenters. The third-order valence-corrected chi connectivity index (χ3v) is 5.91. The van der Waals surface area contributed by atoms with E-state index in [1.165, 1.54) is 11.1 Å². The Balaban J connectivity index is 1.44. The third-order valence-electron chi connectivity index (χ3n) is 5.91. The van der Waals surface area contributed by atoms with Gasteiger partial charge in [-0.15, -0.1) is 0 Å². The summed E-state index contributed by atoms with van der Waals surface area (Å²) >= 11 is 0. The number of ether oxygens (including phenoxy) is 1. The minimum atomic E-state index is -0.106. The second-order valence-corrected chi connectivity index (χ2v) is 8.53. The van der Waals surface area contributed by atoms with E-state index >= 15 is 0 Å². The van der Waals surface area contributed by atoms with E-state index in [0.717, 1.165) is 30.7 Å². The summed E-state index contributed by atoms with van der Waals surface area (Å²) in [4.78, 5) is 24.1. The fourth-order valence-corrected chi connectivity index (χ4v) is 3.98. The number of hydrogen-bond acceptors (Lipinski definition) is 5. The minimum Gasteiger partial charge on any atom is -0.436 e. The van der Waals surface area contributed by atoms with E-state index in [0.29, 0.717) is 18.2 Å². The Bertz CT molecular complexity index is 1050. The number of benzene rings is 2. The molecule has 166 valence electrons. The second kappa shape index (κ2) is 9.81. The molecular formula is C26H30N4O2. The van der Waals surface area contributed by atoms with Gasteiger partial charge in [-0.2, -0.15) is 0 Å². The van der Waals surface area contributed by atoms with E-state index in [2.05, 4.69) is 51.4 Å². The zero-order valence-electron chi connectivity index (χ0n) is 18.9. The highest BCUT2D eigenvalue weighted by Gasteiger charge is 2.29. The van der Waals surface area contributed by atoms with Crippen molar-refractivity contribution in [2.75, 3.05) is 18.0 Å². The molecule has 32 heavy (non-hydrogen) atoms. The zero-order valence-corrected chi connectivity index (χ0v) is 18.9. The van der Waals surface area contributed by atoms with Crippen LogP contribution in [0.3, 0.4) is 0 Å². The first kappa shape index (κ1) is 21.8. The van der Waals surface area contributed by atoms with Gasteiger partial charge in [-0.25, -0.2) is 9.97 Å². The van der Waals surface area contributed by atoms with E-state index in [1.54, 1.807) is 12.4 Å². The van der Waals surface area contributed by atoms with E-state index in [-0.39, 0.29) is 17.9 Å². The Morgan fingerprint density at radius 3 is 2.41 bits per heavy atom. The Kier molecular flexibility index (Phi) is 6.69. The molecule has 4 rings (SSSR count). The van der Waals surface area contributed by atoms with Crippen LogP contribution in [0.2, 0.25) is 0 Å². The predicted molar refractivity (Wildman–Crippen MR) is 126 cm³/mol. The summed E-state index contributed by atoms with van der Waals surface area (Å²) in [7, 11) is 0. The Morgan fingerprint density at radius 1 is 1.03 bits per heavy atom. The molecule has 3 aromatic rings. The average molecular weight is 431 g/mol. The van der Waals surface area contributed by atoms with Gasteiger partial charge in [0.1, 0.15) is 5.75 Å². The minimum absolute atomic E-state index is 0.0320. The van der Waals surface area contributed by atoms with Gasteiger partial charge in [-0.3, -0.25) is 4.79 Å². The van der Waals surface area contributed by atoms with Gasteiger partial charge in [-0.05, 0) is 51.3 Å². The van der Waals surface area contributed by atoms with Crippen LogP contribution >= 0.6 is 0 Å². The largest absolute Gasteiger partial charge is 0.436 e. The molecule has 1 amide bonds. The van der Waals surface area contributed by atoms with Gasteiger partial charge in [0.15, 0.2) is 5.82 Å². The van der Waals surface area contributed by atoms with Gasteiger partial charge in [0.2, 0.25) is 5.91 Å². The Morgan fingerprint density at radius 2 is 1.69 bits per heavy atom. The van der Waals surface area contributed by atoms with E-state index in [4.69, 9.17) is 4.74 Å². The maximum Gasteiger partial charge on any atom is 0.263 e. The summed E-state index contributed by atoms with van der Waals surface area (Å²) in [5.41, 5.74) is 3.49. The molecule has 2 heterocycles. The number of carbonyl (C=O) groups is 1. The van der Waals surface area contributed by atoms with Crippen molar-refractivity contribution in [1.29, 1.82) is 0 Å². The van der Waals surface area contributed by atoms with Gasteiger partial charge < -0.3 is 15.0 Å². The number of anilines is 1. The molecule has 6 heteroatoms. The maximum absolute atomic E-state index is 13.0. The van der Waals surface area contributed by atoms with Crippen molar-refractivity contribution in [2.45, 2.75) is 39.7 Å². The number of rotatable bonds is 6. The molecule has 0 radical (unpaired) electrons.